The van der Waals surface area contributed by atoms with Crippen molar-refractivity contribution in [3.63, 3.8) is 0 Å². The number of carbonyl (C=O) groups is 1. The smallest absolute Gasteiger partial charge is 0.220 e. The molecule has 1 heterocycles. The number of carbonyl (C=O) groups excluding carboxylic acids is 1. The molecular formula is C18H28N2O2. The van der Waals surface area contributed by atoms with Crippen LogP contribution in [0.2, 0.25) is 0 Å². The molecule has 3 atom stereocenters. The molecule has 2 N–H and O–H groups in total. The molecule has 0 aromatic heterocycles. The molecule has 122 valence electrons. The van der Waals surface area contributed by atoms with Crippen LogP contribution in [0.3, 0.4) is 0 Å². The number of ether oxygens (including phenoxy) is 1. The maximum absolute atomic E-state index is 12.2. The molecule has 1 fully saturated rings. The quantitative estimate of drug-likeness (QED) is 0.849. The zero-order chi connectivity index (χ0) is 15.9. The minimum absolute atomic E-state index is 0.156. The van der Waals surface area contributed by atoms with Crippen molar-refractivity contribution in [2.75, 3.05) is 13.7 Å². The average molecular weight is 304 g/mol. The van der Waals surface area contributed by atoms with Crippen molar-refractivity contribution in [1.82, 2.24) is 10.6 Å². The fourth-order valence-corrected chi connectivity index (χ4v) is 3.14. The van der Waals surface area contributed by atoms with E-state index < -0.39 is 0 Å². The zero-order valence-electron chi connectivity index (χ0n) is 13.9. The summed E-state index contributed by atoms with van der Waals surface area (Å²) in [4.78, 5) is 12.2. The van der Waals surface area contributed by atoms with Gasteiger partial charge in [-0.15, -0.1) is 0 Å². The molecule has 4 nitrogen and oxygen atoms in total. The number of methoxy groups -OCH3 is 1. The highest BCUT2D eigenvalue weighted by molar-refractivity contribution is 5.76. The third-order valence-corrected chi connectivity index (χ3v) is 4.40. The molecule has 4 heteroatoms. The minimum atomic E-state index is 0.156. The van der Waals surface area contributed by atoms with E-state index in [2.05, 4.69) is 30.5 Å². The predicted molar refractivity (Wildman–Crippen MR) is 89.1 cm³/mol. The number of hydrogen-bond donors (Lipinski definition) is 2. The molecule has 1 aromatic carbocycles. The highest BCUT2D eigenvalue weighted by atomic mass is 16.5. The Labute approximate surface area is 133 Å². The van der Waals surface area contributed by atoms with Gasteiger partial charge in [0.05, 0.1) is 7.11 Å². The zero-order valence-corrected chi connectivity index (χ0v) is 13.9. The Morgan fingerprint density at radius 3 is 2.95 bits per heavy atom. The van der Waals surface area contributed by atoms with E-state index in [0.29, 0.717) is 18.4 Å². The third-order valence-electron chi connectivity index (χ3n) is 4.40. The van der Waals surface area contributed by atoms with E-state index in [1.54, 1.807) is 7.11 Å². The van der Waals surface area contributed by atoms with Crippen LogP contribution in [0.5, 0.6) is 5.75 Å². The number of benzene rings is 1. The first-order valence-electron chi connectivity index (χ1n) is 8.24. The number of amides is 1. The van der Waals surface area contributed by atoms with E-state index >= 15 is 0 Å². The highest BCUT2D eigenvalue weighted by Gasteiger charge is 2.23. The van der Waals surface area contributed by atoms with Gasteiger partial charge in [0.25, 0.3) is 0 Å². The Balaban J connectivity index is 1.83. The highest BCUT2D eigenvalue weighted by Crippen LogP contribution is 2.22. The first kappa shape index (κ1) is 16.8. The third kappa shape index (κ3) is 4.73. The largest absolute Gasteiger partial charge is 0.496 e. The van der Waals surface area contributed by atoms with E-state index in [1.165, 1.54) is 0 Å². The Bertz CT molecular complexity index is 490. The molecular weight excluding hydrogens is 276 g/mol. The predicted octanol–water partition coefficient (Wildman–Crippen LogP) is 2.52. The first-order valence-corrected chi connectivity index (χ1v) is 8.24. The summed E-state index contributed by atoms with van der Waals surface area (Å²) in [5.74, 6) is 1.35. The number of para-hydroxylation sites is 1. The van der Waals surface area contributed by atoms with Gasteiger partial charge in [0.2, 0.25) is 5.91 Å². The van der Waals surface area contributed by atoms with Gasteiger partial charge in [-0.2, -0.15) is 0 Å². The van der Waals surface area contributed by atoms with E-state index in [9.17, 15) is 4.79 Å². The van der Waals surface area contributed by atoms with Gasteiger partial charge in [-0.25, -0.2) is 0 Å². The standard InChI is InChI=1S/C18H28N2O2/c1-13(11-15-7-4-5-9-17(15)22-3)12-18(21)20-16-8-6-10-19-14(16)2/h4-5,7,9,13-14,16,19H,6,8,10-12H2,1-3H3,(H,20,21). The first-order chi connectivity index (χ1) is 10.6. The molecule has 3 unspecified atom stereocenters. The van der Waals surface area contributed by atoms with Crippen molar-refractivity contribution >= 4 is 5.91 Å². The van der Waals surface area contributed by atoms with Gasteiger partial charge in [0, 0.05) is 18.5 Å². The summed E-state index contributed by atoms with van der Waals surface area (Å²) in [6.45, 7) is 5.31. The van der Waals surface area contributed by atoms with Crippen molar-refractivity contribution in [3.05, 3.63) is 29.8 Å². The van der Waals surface area contributed by atoms with E-state index in [4.69, 9.17) is 4.74 Å². The van der Waals surface area contributed by atoms with Crippen LogP contribution < -0.4 is 15.4 Å². The SMILES string of the molecule is COc1ccccc1CC(C)CC(=O)NC1CCCNC1C. The van der Waals surface area contributed by atoms with Crippen molar-refractivity contribution in [2.24, 2.45) is 5.92 Å². The van der Waals surface area contributed by atoms with Crippen LogP contribution in [0.15, 0.2) is 24.3 Å². The summed E-state index contributed by atoms with van der Waals surface area (Å²) >= 11 is 0. The maximum atomic E-state index is 12.2. The van der Waals surface area contributed by atoms with E-state index in [-0.39, 0.29) is 11.9 Å². The fraction of sp³-hybridized carbons (Fsp3) is 0.611. The maximum Gasteiger partial charge on any atom is 0.220 e. The molecule has 2 rings (SSSR count). The van der Waals surface area contributed by atoms with Crippen LogP contribution in [-0.2, 0) is 11.2 Å². The van der Waals surface area contributed by atoms with E-state index in [1.807, 2.05) is 18.2 Å². The summed E-state index contributed by atoms with van der Waals surface area (Å²) in [6.07, 6.45) is 3.62. The molecule has 1 aromatic rings. The van der Waals surface area contributed by atoms with Crippen LogP contribution in [0.1, 0.15) is 38.7 Å². The Hall–Kier alpha value is -1.55. The number of rotatable bonds is 6. The van der Waals surface area contributed by atoms with Crippen LogP contribution in [0.4, 0.5) is 0 Å². The van der Waals surface area contributed by atoms with Crippen molar-refractivity contribution in [3.8, 4) is 5.75 Å². The van der Waals surface area contributed by atoms with Crippen LogP contribution in [0.25, 0.3) is 0 Å². The molecule has 0 saturated carbocycles. The number of piperidine rings is 1. The minimum Gasteiger partial charge on any atom is -0.496 e. The van der Waals surface area contributed by atoms with Gasteiger partial charge in [-0.3, -0.25) is 4.79 Å². The second kappa shape index (κ2) is 8.18. The molecule has 22 heavy (non-hydrogen) atoms. The molecule has 1 aliphatic rings. The lowest BCUT2D eigenvalue weighted by Crippen LogP contribution is -2.52. The lowest BCUT2D eigenvalue weighted by atomic mass is 9.95. The van der Waals surface area contributed by atoms with Crippen LogP contribution in [0, 0.1) is 5.92 Å². The van der Waals surface area contributed by atoms with Gasteiger partial charge in [-0.1, -0.05) is 25.1 Å². The lowest BCUT2D eigenvalue weighted by molar-refractivity contribution is -0.123. The van der Waals surface area contributed by atoms with Gasteiger partial charge in [-0.05, 0) is 50.3 Å². The lowest BCUT2D eigenvalue weighted by Gasteiger charge is -2.31. The fourth-order valence-electron chi connectivity index (χ4n) is 3.14. The molecule has 0 aliphatic carbocycles. The van der Waals surface area contributed by atoms with Crippen LogP contribution >= 0.6 is 0 Å². The molecule has 0 radical (unpaired) electrons. The summed E-state index contributed by atoms with van der Waals surface area (Å²) in [5.41, 5.74) is 1.16. The van der Waals surface area contributed by atoms with Crippen molar-refractivity contribution in [2.45, 2.75) is 51.6 Å². The molecule has 1 amide bonds. The normalized spacial score (nSPS) is 22.9. The van der Waals surface area contributed by atoms with Gasteiger partial charge in [0.15, 0.2) is 0 Å². The molecule has 1 saturated heterocycles. The summed E-state index contributed by atoms with van der Waals surface area (Å²) in [7, 11) is 1.69. The second-order valence-electron chi connectivity index (χ2n) is 6.38. The Morgan fingerprint density at radius 2 is 2.23 bits per heavy atom. The molecule has 1 aliphatic heterocycles. The number of nitrogens with one attached hydrogen (secondary N) is 2. The van der Waals surface area contributed by atoms with Crippen molar-refractivity contribution < 1.29 is 9.53 Å². The van der Waals surface area contributed by atoms with Gasteiger partial charge in [0.1, 0.15) is 5.75 Å². The molecule has 0 spiro atoms. The van der Waals surface area contributed by atoms with E-state index in [0.717, 1.165) is 37.1 Å². The Kier molecular flexibility index (Phi) is 6.25. The second-order valence-corrected chi connectivity index (χ2v) is 6.38. The van der Waals surface area contributed by atoms with Gasteiger partial charge < -0.3 is 15.4 Å². The molecule has 0 bridgehead atoms. The Morgan fingerprint density at radius 1 is 1.45 bits per heavy atom. The summed E-state index contributed by atoms with van der Waals surface area (Å²) < 4.78 is 5.38. The van der Waals surface area contributed by atoms with Crippen LogP contribution in [-0.4, -0.2) is 31.6 Å². The van der Waals surface area contributed by atoms with Crippen molar-refractivity contribution in [1.29, 1.82) is 0 Å². The topological polar surface area (TPSA) is 50.4 Å². The summed E-state index contributed by atoms with van der Waals surface area (Å²) in [6, 6.07) is 8.65. The summed E-state index contributed by atoms with van der Waals surface area (Å²) in [5, 5.41) is 6.60. The monoisotopic (exact) mass is 304 g/mol. The number of hydrogen-bond acceptors (Lipinski definition) is 3. The van der Waals surface area contributed by atoms with Gasteiger partial charge >= 0.3 is 0 Å². The average Bonchev–Trinajstić information content (AvgIpc) is 2.50.